The van der Waals surface area contributed by atoms with Crippen molar-refractivity contribution in [2.24, 2.45) is 0 Å². The number of nitrogens with zero attached hydrogens (tertiary/aromatic N) is 1. The predicted octanol–water partition coefficient (Wildman–Crippen LogP) is 12.3. The van der Waals surface area contributed by atoms with E-state index in [1.807, 2.05) is 0 Å². The molecule has 342 valence electrons. The van der Waals surface area contributed by atoms with Gasteiger partial charge >= 0.3 is 5.97 Å². The highest BCUT2D eigenvalue weighted by molar-refractivity contribution is 5.69. The molecule has 0 heterocycles. The van der Waals surface area contributed by atoms with Crippen molar-refractivity contribution in [3.05, 3.63) is 0 Å². The number of hydrogen-bond acceptors (Lipinski definition) is 9. The normalized spacial score (nSPS) is 11.8. The molecule has 9 heteroatoms. The van der Waals surface area contributed by atoms with Gasteiger partial charge in [-0.05, 0) is 64.5 Å². The number of ether oxygens (including phenoxy) is 7. The van der Waals surface area contributed by atoms with Crippen LogP contribution in [-0.4, -0.2) is 110 Å². The lowest BCUT2D eigenvalue weighted by atomic mass is 10.1. The molecular formula is C48H97NO8. The minimum Gasteiger partial charge on any atom is -0.466 e. The number of hydrogen-bond donors (Lipinski definition) is 0. The molecule has 0 amide bonds. The van der Waals surface area contributed by atoms with Crippen molar-refractivity contribution in [3.63, 3.8) is 0 Å². The average Bonchev–Trinajstić information content (AvgIpc) is 3.21. The third-order valence-electron chi connectivity index (χ3n) is 10.6. The lowest BCUT2D eigenvalue weighted by Gasteiger charge is -2.22. The van der Waals surface area contributed by atoms with Crippen molar-refractivity contribution in [2.45, 2.75) is 213 Å². The summed E-state index contributed by atoms with van der Waals surface area (Å²) in [5, 5.41) is 0. The summed E-state index contributed by atoms with van der Waals surface area (Å²) in [5.74, 6) is -0.0178. The average molecular weight is 816 g/mol. The Morgan fingerprint density at radius 2 is 0.807 bits per heavy atom. The molecular weight excluding hydrogens is 719 g/mol. The van der Waals surface area contributed by atoms with Crippen LogP contribution in [0.15, 0.2) is 0 Å². The van der Waals surface area contributed by atoms with Crippen LogP contribution < -0.4 is 0 Å². The van der Waals surface area contributed by atoms with E-state index in [2.05, 4.69) is 25.7 Å². The van der Waals surface area contributed by atoms with Crippen molar-refractivity contribution >= 4 is 5.97 Å². The van der Waals surface area contributed by atoms with E-state index in [1.165, 1.54) is 141 Å². The fraction of sp³-hybridized carbons (Fsp3) is 0.979. The van der Waals surface area contributed by atoms with Crippen LogP contribution in [0.2, 0.25) is 0 Å². The van der Waals surface area contributed by atoms with Gasteiger partial charge in [-0.1, -0.05) is 149 Å². The van der Waals surface area contributed by atoms with Gasteiger partial charge in [0.05, 0.1) is 52.9 Å². The van der Waals surface area contributed by atoms with E-state index in [9.17, 15) is 4.79 Å². The quantitative estimate of drug-likeness (QED) is 0.0338. The summed E-state index contributed by atoms with van der Waals surface area (Å²) in [6.07, 6.45) is 34.6. The zero-order chi connectivity index (χ0) is 41.4. The van der Waals surface area contributed by atoms with Gasteiger partial charge in [0.1, 0.15) is 0 Å². The second-order valence-electron chi connectivity index (χ2n) is 16.1. The van der Waals surface area contributed by atoms with Crippen molar-refractivity contribution in [1.82, 2.24) is 4.90 Å². The van der Waals surface area contributed by atoms with E-state index < -0.39 is 0 Å². The molecule has 0 aliphatic carbocycles. The van der Waals surface area contributed by atoms with Crippen molar-refractivity contribution in [1.29, 1.82) is 0 Å². The number of rotatable bonds is 50. The van der Waals surface area contributed by atoms with Crippen LogP contribution in [0.5, 0.6) is 0 Å². The molecule has 0 aliphatic heterocycles. The van der Waals surface area contributed by atoms with Crippen molar-refractivity contribution < 1.29 is 38.0 Å². The van der Waals surface area contributed by atoms with E-state index in [0.29, 0.717) is 52.7 Å². The zero-order valence-corrected chi connectivity index (χ0v) is 38.5. The van der Waals surface area contributed by atoms with Crippen molar-refractivity contribution in [3.8, 4) is 0 Å². The maximum Gasteiger partial charge on any atom is 0.305 e. The van der Waals surface area contributed by atoms with Gasteiger partial charge in [0.2, 0.25) is 0 Å². The van der Waals surface area contributed by atoms with Gasteiger partial charge < -0.3 is 38.1 Å². The summed E-state index contributed by atoms with van der Waals surface area (Å²) in [7, 11) is 1.68. The molecule has 0 atom stereocenters. The van der Waals surface area contributed by atoms with E-state index in [-0.39, 0.29) is 12.3 Å². The van der Waals surface area contributed by atoms with Gasteiger partial charge in [-0.25, -0.2) is 0 Å². The molecule has 0 aliphatic rings. The maximum absolute atomic E-state index is 12.1. The topological polar surface area (TPSA) is 84.9 Å². The first-order valence-electron chi connectivity index (χ1n) is 24.5. The lowest BCUT2D eigenvalue weighted by Crippen LogP contribution is -2.30. The first kappa shape index (κ1) is 56.2. The molecule has 0 radical (unpaired) electrons. The molecule has 0 rings (SSSR count). The number of unbranched alkanes of at least 4 members (excludes halogenated alkanes) is 22. The summed E-state index contributed by atoms with van der Waals surface area (Å²) < 4.78 is 40.0. The lowest BCUT2D eigenvalue weighted by molar-refractivity contribution is -0.148. The third-order valence-corrected chi connectivity index (χ3v) is 10.6. The molecule has 0 unspecified atom stereocenters. The SMILES string of the molecule is CCCCCCCCCOC(=O)CCCCCCCN(CCCCCCCC(OCCCCCCC)OCCCCCCC)CCOCCOCCOCCOC. The summed E-state index contributed by atoms with van der Waals surface area (Å²) >= 11 is 0. The minimum atomic E-state index is -0.0361. The van der Waals surface area contributed by atoms with E-state index in [0.717, 1.165) is 78.0 Å². The highest BCUT2D eigenvalue weighted by atomic mass is 16.7. The predicted molar refractivity (Wildman–Crippen MR) is 238 cm³/mol. The fourth-order valence-electron chi connectivity index (χ4n) is 6.90. The third kappa shape index (κ3) is 46.1. The fourth-order valence-corrected chi connectivity index (χ4v) is 6.90. The van der Waals surface area contributed by atoms with Gasteiger partial charge in [-0.15, -0.1) is 0 Å². The maximum atomic E-state index is 12.1. The molecule has 9 nitrogen and oxygen atoms in total. The van der Waals surface area contributed by atoms with Crippen LogP contribution in [-0.2, 0) is 38.0 Å². The second-order valence-corrected chi connectivity index (χ2v) is 16.1. The summed E-state index contributed by atoms with van der Waals surface area (Å²) in [5.41, 5.74) is 0. The Bertz CT molecular complexity index is 744. The molecule has 0 saturated carbocycles. The van der Waals surface area contributed by atoms with Crippen LogP contribution >= 0.6 is 0 Å². The number of carbonyl (C=O) groups is 1. The summed E-state index contributed by atoms with van der Waals surface area (Å²) in [4.78, 5) is 14.7. The molecule has 0 saturated heterocycles. The molecule has 0 N–H and O–H groups in total. The van der Waals surface area contributed by atoms with Crippen LogP contribution in [0.4, 0.5) is 0 Å². The van der Waals surface area contributed by atoms with Crippen molar-refractivity contribution in [2.75, 3.05) is 92.8 Å². The zero-order valence-electron chi connectivity index (χ0n) is 38.5. The molecule has 57 heavy (non-hydrogen) atoms. The monoisotopic (exact) mass is 816 g/mol. The Balaban J connectivity index is 4.38. The highest BCUT2D eigenvalue weighted by Gasteiger charge is 2.10. The van der Waals surface area contributed by atoms with E-state index in [4.69, 9.17) is 33.2 Å². The molecule has 0 bridgehead atoms. The van der Waals surface area contributed by atoms with Crippen LogP contribution in [0, 0.1) is 0 Å². The standard InChI is InChI=1S/C48H97NO8/c1-5-8-11-14-15-24-29-37-55-47(50)32-25-18-16-20-27-34-49(36-40-52-43-44-54-46-45-53-42-41-51-4)35-28-21-17-19-26-33-48(56-38-30-22-12-9-6-2)57-39-31-23-13-10-7-3/h48H,5-46H2,1-4H3. The van der Waals surface area contributed by atoms with E-state index in [1.54, 1.807) is 7.11 Å². The largest absolute Gasteiger partial charge is 0.466 e. The van der Waals surface area contributed by atoms with Gasteiger partial charge in [-0.3, -0.25) is 4.79 Å². The summed E-state index contributed by atoms with van der Waals surface area (Å²) in [6.45, 7) is 16.5. The van der Waals surface area contributed by atoms with Crippen LogP contribution in [0.25, 0.3) is 0 Å². The molecule has 0 aromatic rings. The molecule has 0 aromatic carbocycles. The Kier molecular flexibility index (Phi) is 48.8. The van der Waals surface area contributed by atoms with Gasteiger partial charge in [-0.2, -0.15) is 0 Å². The minimum absolute atomic E-state index is 0.0178. The first-order valence-corrected chi connectivity index (χ1v) is 24.5. The number of carbonyl (C=O) groups excluding carboxylic acids is 1. The van der Waals surface area contributed by atoms with E-state index >= 15 is 0 Å². The van der Waals surface area contributed by atoms with Crippen LogP contribution in [0.3, 0.4) is 0 Å². The molecule has 0 aromatic heterocycles. The summed E-state index contributed by atoms with van der Waals surface area (Å²) in [6, 6.07) is 0. The number of esters is 1. The molecule has 0 fully saturated rings. The molecule has 0 spiro atoms. The van der Waals surface area contributed by atoms with Gasteiger partial charge in [0.25, 0.3) is 0 Å². The van der Waals surface area contributed by atoms with Gasteiger partial charge in [0.15, 0.2) is 6.29 Å². The second kappa shape index (κ2) is 49.6. The first-order chi connectivity index (χ1) is 28.2. The number of methoxy groups -OCH3 is 1. The Morgan fingerprint density at radius 1 is 0.404 bits per heavy atom. The Labute approximate surface area is 354 Å². The Morgan fingerprint density at radius 3 is 1.32 bits per heavy atom. The Hall–Kier alpha value is -0.810. The van der Waals surface area contributed by atoms with Gasteiger partial charge in [0, 0.05) is 33.3 Å². The smallest absolute Gasteiger partial charge is 0.305 e. The van der Waals surface area contributed by atoms with Crippen LogP contribution in [0.1, 0.15) is 207 Å². The highest BCUT2D eigenvalue weighted by Crippen LogP contribution is 2.15.